The molecule has 29 heavy (non-hydrogen) atoms. The molecule has 2 aromatic heterocycles. The molecule has 0 N–H and O–H groups in total. The van der Waals surface area contributed by atoms with Gasteiger partial charge in [0.25, 0.3) is 0 Å². The highest BCUT2D eigenvalue weighted by Crippen LogP contribution is 2.16. The molecule has 0 unspecified atom stereocenters. The second-order valence-electron chi connectivity index (χ2n) is 5.84. The number of hydrogen-bond donors (Lipinski definition) is 0. The zero-order valence-electron chi connectivity index (χ0n) is 15.4. The summed E-state index contributed by atoms with van der Waals surface area (Å²) in [6.45, 7) is 1.73. The Kier molecular flexibility index (Phi) is 5.97. The van der Waals surface area contributed by atoms with Crippen LogP contribution in [0.5, 0.6) is 0 Å². The summed E-state index contributed by atoms with van der Waals surface area (Å²) in [5.41, 5.74) is -0.0811. The van der Waals surface area contributed by atoms with E-state index in [1.54, 1.807) is 30.3 Å². The zero-order valence-corrected chi connectivity index (χ0v) is 15.4. The SMILES string of the molecule is CCCOC(=O)Cn1nc(-c2ccccc2)n(/N=C/c2ccc([N+](=O)[O-])o2)c1=O. The predicted octanol–water partition coefficient (Wildman–Crippen LogP) is 2.05. The van der Waals surface area contributed by atoms with Gasteiger partial charge in [-0.1, -0.05) is 37.3 Å². The van der Waals surface area contributed by atoms with Crippen molar-refractivity contribution in [1.29, 1.82) is 0 Å². The Morgan fingerprint density at radius 3 is 2.72 bits per heavy atom. The molecule has 3 aromatic rings. The molecular formula is C18H17N5O6. The molecule has 1 aromatic carbocycles. The molecule has 0 aliphatic heterocycles. The third-order valence-corrected chi connectivity index (χ3v) is 3.69. The molecule has 0 saturated carbocycles. The molecule has 3 rings (SSSR count). The molecular weight excluding hydrogens is 382 g/mol. The van der Waals surface area contributed by atoms with Crippen LogP contribution in [0.3, 0.4) is 0 Å². The Labute approximate surface area is 164 Å². The summed E-state index contributed by atoms with van der Waals surface area (Å²) in [6.07, 6.45) is 1.81. The maximum atomic E-state index is 12.7. The second kappa shape index (κ2) is 8.78. The van der Waals surface area contributed by atoms with E-state index in [-0.39, 0.29) is 24.7 Å². The normalized spacial score (nSPS) is 11.1. The van der Waals surface area contributed by atoms with Gasteiger partial charge in [0.15, 0.2) is 11.6 Å². The third-order valence-electron chi connectivity index (χ3n) is 3.69. The van der Waals surface area contributed by atoms with Crippen LogP contribution < -0.4 is 5.69 Å². The second-order valence-corrected chi connectivity index (χ2v) is 5.84. The highest BCUT2D eigenvalue weighted by Gasteiger charge is 2.18. The molecule has 2 heterocycles. The van der Waals surface area contributed by atoms with Crippen LogP contribution in [-0.4, -0.2) is 38.2 Å². The monoisotopic (exact) mass is 399 g/mol. The number of benzene rings is 1. The van der Waals surface area contributed by atoms with Crippen LogP contribution in [0.1, 0.15) is 19.1 Å². The van der Waals surface area contributed by atoms with Crippen molar-refractivity contribution >= 4 is 18.1 Å². The van der Waals surface area contributed by atoms with Crippen LogP contribution in [-0.2, 0) is 16.1 Å². The molecule has 11 heteroatoms. The average molecular weight is 399 g/mol. The number of carbonyl (C=O) groups is 1. The fraction of sp³-hybridized carbons (Fsp3) is 0.222. The summed E-state index contributed by atoms with van der Waals surface area (Å²) in [6, 6.07) is 11.3. The van der Waals surface area contributed by atoms with Crippen LogP contribution in [0.15, 0.2) is 56.8 Å². The van der Waals surface area contributed by atoms with Gasteiger partial charge in [-0.15, -0.1) is 5.10 Å². The summed E-state index contributed by atoms with van der Waals surface area (Å²) in [5.74, 6) is -0.769. The summed E-state index contributed by atoms with van der Waals surface area (Å²) >= 11 is 0. The molecule has 0 amide bonds. The largest absolute Gasteiger partial charge is 0.464 e. The Bertz CT molecular complexity index is 1100. The fourth-order valence-electron chi connectivity index (χ4n) is 2.38. The fourth-order valence-corrected chi connectivity index (χ4v) is 2.38. The van der Waals surface area contributed by atoms with Gasteiger partial charge in [0, 0.05) is 5.56 Å². The first-order valence-corrected chi connectivity index (χ1v) is 8.69. The Morgan fingerprint density at radius 2 is 2.07 bits per heavy atom. The van der Waals surface area contributed by atoms with E-state index < -0.39 is 22.5 Å². The van der Waals surface area contributed by atoms with E-state index in [2.05, 4.69) is 10.2 Å². The molecule has 0 radical (unpaired) electrons. The van der Waals surface area contributed by atoms with E-state index in [1.807, 2.05) is 6.92 Å². The molecule has 0 atom stereocenters. The van der Waals surface area contributed by atoms with E-state index in [0.717, 1.165) is 15.6 Å². The van der Waals surface area contributed by atoms with Gasteiger partial charge in [-0.25, -0.2) is 4.79 Å². The van der Waals surface area contributed by atoms with Crippen LogP contribution in [0.2, 0.25) is 0 Å². The van der Waals surface area contributed by atoms with Crippen molar-refractivity contribution in [2.45, 2.75) is 19.9 Å². The Hall–Kier alpha value is -4.02. The lowest BCUT2D eigenvalue weighted by Gasteiger charge is -2.01. The van der Waals surface area contributed by atoms with Crippen molar-refractivity contribution in [2.24, 2.45) is 5.10 Å². The first-order valence-electron chi connectivity index (χ1n) is 8.69. The quantitative estimate of drug-likeness (QED) is 0.245. The molecule has 0 fully saturated rings. The Morgan fingerprint density at radius 1 is 1.31 bits per heavy atom. The number of nitro groups is 1. The lowest BCUT2D eigenvalue weighted by Crippen LogP contribution is -2.27. The van der Waals surface area contributed by atoms with E-state index in [1.165, 1.54) is 12.1 Å². The Balaban J connectivity index is 1.97. The van der Waals surface area contributed by atoms with Crippen molar-refractivity contribution in [2.75, 3.05) is 6.61 Å². The average Bonchev–Trinajstić information content (AvgIpc) is 3.31. The van der Waals surface area contributed by atoms with E-state index in [0.29, 0.717) is 12.0 Å². The van der Waals surface area contributed by atoms with E-state index >= 15 is 0 Å². The smallest absolute Gasteiger partial charge is 0.433 e. The molecule has 11 nitrogen and oxygen atoms in total. The topological polar surface area (TPSA) is 135 Å². The first-order chi connectivity index (χ1) is 14.0. The van der Waals surface area contributed by atoms with Crippen molar-refractivity contribution < 1.29 is 18.9 Å². The standard InChI is InChI=1S/C18H17N5O6/c1-2-10-28-16(24)12-21-18(25)22(17(20-21)13-6-4-3-5-7-13)19-11-14-8-9-15(29-14)23(26)27/h3-9,11H,2,10,12H2,1H3/b19-11+. The minimum atomic E-state index is -0.682. The molecule has 0 spiro atoms. The maximum Gasteiger partial charge on any atom is 0.433 e. The van der Waals surface area contributed by atoms with Crippen LogP contribution in [0, 0.1) is 10.1 Å². The van der Waals surface area contributed by atoms with E-state index in [4.69, 9.17) is 9.15 Å². The zero-order chi connectivity index (χ0) is 20.8. The highest BCUT2D eigenvalue weighted by molar-refractivity contribution is 5.76. The van der Waals surface area contributed by atoms with Crippen molar-refractivity contribution in [1.82, 2.24) is 14.5 Å². The van der Waals surface area contributed by atoms with Gasteiger partial charge in [-0.3, -0.25) is 14.9 Å². The van der Waals surface area contributed by atoms with Gasteiger partial charge in [0.1, 0.15) is 11.5 Å². The number of esters is 1. The summed E-state index contributed by atoms with van der Waals surface area (Å²) in [4.78, 5) is 34.6. The van der Waals surface area contributed by atoms with Gasteiger partial charge in [-0.2, -0.15) is 14.5 Å². The summed E-state index contributed by atoms with van der Waals surface area (Å²) in [7, 11) is 0. The number of hydrogen-bond acceptors (Lipinski definition) is 8. The van der Waals surface area contributed by atoms with Crippen molar-refractivity contribution in [3.8, 4) is 11.4 Å². The molecule has 150 valence electrons. The number of nitrogens with zero attached hydrogens (tertiary/aromatic N) is 5. The lowest BCUT2D eigenvalue weighted by molar-refractivity contribution is -0.402. The first kappa shape index (κ1) is 19.7. The third kappa shape index (κ3) is 4.64. The lowest BCUT2D eigenvalue weighted by atomic mass is 10.2. The number of aromatic nitrogens is 3. The minimum absolute atomic E-state index is 0.0812. The minimum Gasteiger partial charge on any atom is -0.464 e. The van der Waals surface area contributed by atoms with Crippen molar-refractivity contribution in [3.63, 3.8) is 0 Å². The highest BCUT2D eigenvalue weighted by atomic mass is 16.6. The predicted molar refractivity (Wildman–Crippen MR) is 102 cm³/mol. The molecule has 0 aliphatic carbocycles. The van der Waals surface area contributed by atoms with E-state index in [9.17, 15) is 19.7 Å². The maximum absolute atomic E-state index is 12.7. The van der Waals surface area contributed by atoms with Gasteiger partial charge < -0.3 is 9.15 Å². The number of furan rings is 1. The number of rotatable bonds is 8. The van der Waals surface area contributed by atoms with Gasteiger partial charge in [0.2, 0.25) is 0 Å². The van der Waals surface area contributed by atoms with Gasteiger partial charge >= 0.3 is 17.5 Å². The van der Waals surface area contributed by atoms with Crippen LogP contribution in [0.4, 0.5) is 5.88 Å². The number of carbonyl (C=O) groups excluding carboxylic acids is 1. The van der Waals surface area contributed by atoms with Gasteiger partial charge in [0.05, 0.1) is 18.9 Å². The number of ether oxygens (including phenoxy) is 1. The van der Waals surface area contributed by atoms with Crippen molar-refractivity contribution in [3.05, 3.63) is 68.8 Å². The molecule has 0 saturated heterocycles. The van der Waals surface area contributed by atoms with Gasteiger partial charge in [-0.05, 0) is 12.5 Å². The molecule has 0 aliphatic rings. The van der Waals surface area contributed by atoms with Crippen LogP contribution in [0.25, 0.3) is 11.4 Å². The van der Waals surface area contributed by atoms with Crippen LogP contribution >= 0.6 is 0 Å². The molecule has 0 bridgehead atoms. The summed E-state index contributed by atoms with van der Waals surface area (Å²) in [5, 5.41) is 18.9. The summed E-state index contributed by atoms with van der Waals surface area (Å²) < 4.78 is 11.9.